The van der Waals surface area contributed by atoms with Gasteiger partial charge in [-0.2, -0.15) is 0 Å². The molecule has 1 nitrogen and oxygen atoms in total. The molecular formula is C20H33N. The highest BCUT2D eigenvalue weighted by Crippen LogP contribution is 2.18. The van der Waals surface area contributed by atoms with Crippen LogP contribution in [-0.2, 0) is 12.8 Å². The van der Waals surface area contributed by atoms with E-state index in [9.17, 15) is 0 Å². The molecule has 0 amide bonds. The van der Waals surface area contributed by atoms with Crippen LogP contribution in [0.25, 0.3) is 0 Å². The molecule has 1 heteroatoms. The minimum atomic E-state index is 0.540. The Morgan fingerprint density at radius 3 is 1.86 bits per heavy atom. The fourth-order valence-electron chi connectivity index (χ4n) is 2.74. The second-order valence-corrected chi connectivity index (χ2v) is 7.19. The van der Waals surface area contributed by atoms with E-state index in [1.165, 1.54) is 23.1 Å². The maximum Gasteiger partial charge on any atom is 0.0172 e. The fraction of sp³-hybridized carbons (Fsp3) is 0.600. The van der Waals surface area contributed by atoms with Crippen LogP contribution in [0.1, 0.15) is 52.2 Å². The van der Waals surface area contributed by atoms with E-state index < -0.39 is 0 Å². The normalized spacial score (nSPS) is 13.2. The van der Waals surface area contributed by atoms with Crippen LogP contribution in [0.2, 0.25) is 0 Å². The van der Waals surface area contributed by atoms with Gasteiger partial charge in [0.1, 0.15) is 0 Å². The Hall–Kier alpha value is -1.08. The van der Waals surface area contributed by atoms with Crippen molar-refractivity contribution in [2.75, 3.05) is 7.05 Å². The number of benzene rings is 1. The molecular weight excluding hydrogens is 254 g/mol. The first kappa shape index (κ1) is 18.0. The Kier molecular flexibility index (Phi) is 7.17. The summed E-state index contributed by atoms with van der Waals surface area (Å²) in [5.74, 6) is 0.721. The lowest BCUT2D eigenvalue weighted by molar-refractivity contribution is 0.192. The van der Waals surface area contributed by atoms with Crippen LogP contribution in [0.3, 0.4) is 0 Å². The number of hydrogen-bond donors (Lipinski definition) is 0. The number of rotatable bonds is 8. The highest BCUT2D eigenvalue weighted by molar-refractivity contribution is 5.24. The molecule has 0 radical (unpaired) electrons. The van der Waals surface area contributed by atoms with E-state index in [0.717, 1.165) is 18.8 Å². The van der Waals surface area contributed by atoms with Crippen LogP contribution in [0.15, 0.2) is 36.4 Å². The van der Waals surface area contributed by atoms with Gasteiger partial charge < -0.3 is 4.90 Å². The highest BCUT2D eigenvalue weighted by Gasteiger charge is 2.17. The Bertz CT molecular complexity index is 428. The molecule has 1 aromatic rings. The van der Waals surface area contributed by atoms with Crippen molar-refractivity contribution in [3.8, 4) is 0 Å². The summed E-state index contributed by atoms with van der Waals surface area (Å²) in [7, 11) is 2.23. The topological polar surface area (TPSA) is 3.24 Å². The number of nitrogens with zero attached hydrogens (tertiary/aromatic N) is 1. The summed E-state index contributed by atoms with van der Waals surface area (Å²) in [6.07, 6.45) is 3.34. The summed E-state index contributed by atoms with van der Waals surface area (Å²) < 4.78 is 0. The molecule has 0 aliphatic rings. The van der Waals surface area contributed by atoms with Crippen LogP contribution in [0, 0.1) is 5.92 Å². The lowest BCUT2D eigenvalue weighted by Gasteiger charge is -2.32. The van der Waals surface area contributed by atoms with Crippen molar-refractivity contribution in [3.05, 3.63) is 47.5 Å². The van der Waals surface area contributed by atoms with Gasteiger partial charge in [0.15, 0.2) is 0 Å². The summed E-state index contributed by atoms with van der Waals surface area (Å²) in [6.45, 7) is 15.3. The summed E-state index contributed by atoms with van der Waals surface area (Å²) in [4.78, 5) is 2.47. The molecule has 1 atom stereocenters. The molecule has 0 heterocycles. The molecule has 0 spiro atoms. The molecule has 0 aliphatic heterocycles. The van der Waals surface area contributed by atoms with Crippen molar-refractivity contribution in [2.45, 2.75) is 66.0 Å². The second-order valence-electron chi connectivity index (χ2n) is 7.19. The van der Waals surface area contributed by atoms with Crippen molar-refractivity contribution in [2.24, 2.45) is 5.92 Å². The minimum absolute atomic E-state index is 0.540. The minimum Gasteiger partial charge on any atom is -0.300 e. The third-order valence-corrected chi connectivity index (χ3v) is 4.11. The average molecular weight is 287 g/mol. The van der Waals surface area contributed by atoms with Crippen molar-refractivity contribution >= 4 is 0 Å². The third-order valence-electron chi connectivity index (χ3n) is 4.11. The van der Waals surface area contributed by atoms with Gasteiger partial charge in [-0.05, 0) is 64.1 Å². The molecule has 0 saturated heterocycles. The Morgan fingerprint density at radius 2 is 1.48 bits per heavy atom. The van der Waals surface area contributed by atoms with Gasteiger partial charge in [0.2, 0.25) is 0 Å². The van der Waals surface area contributed by atoms with Gasteiger partial charge in [0.25, 0.3) is 0 Å². The second kappa shape index (κ2) is 8.38. The third kappa shape index (κ3) is 6.48. The zero-order chi connectivity index (χ0) is 16.0. The zero-order valence-electron chi connectivity index (χ0n) is 14.8. The van der Waals surface area contributed by atoms with Crippen LogP contribution in [0.5, 0.6) is 0 Å². The van der Waals surface area contributed by atoms with Gasteiger partial charge >= 0.3 is 0 Å². The van der Waals surface area contributed by atoms with E-state index in [0.29, 0.717) is 12.1 Å². The summed E-state index contributed by atoms with van der Waals surface area (Å²) in [6, 6.07) is 10.3. The lowest BCUT2D eigenvalue weighted by Crippen LogP contribution is -2.38. The van der Waals surface area contributed by atoms with E-state index in [-0.39, 0.29) is 0 Å². The van der Waals surface area contributed by atoms with Crippen LogP contribution in [-0.4, -0.2) is 24.0 Å². The van der Waals surface area contributed by atoms with Crippen LogP contribution >= 0.6 is 0 Å². The van der Waals surface area contributed by atoms with Gasteiger partial charge in [-0.3, -0.25) is 0 Å². The molecule has 21 heavy (non-hydrogen) atoms. The maximum absolute atomic E-state index is 4.10. The summed E-state index contributed by atoms with van der Waals surface area (Å²) in [5.41, 5.74) is 4.15. The average Bonchev–Trinajstić information content (AvgIpc) is 2.38. The largest absolute Gasteiger partial charge is 0.300 e. The van der Waals surface area contributed by atoms with E-state index in [2.05, 4.69) is 77.4 Å². The molecule has 0 aliphatic carbocycles. The van der Waals surface area contributed by atoms with Gasteiger partial charge in [0.05, 0.1) is 0 Å². The Morgan fingerprint density at radius 1 is 1.00 bits per heavy atom. The molecule has 0 N–H and O–H groups in total. The fourth-order valence-corrected chi connectivity index (χ4v) is 2.74. The van der Waals surface area contributed by atoms with Gasteiger partial charge in [-0.15, -0.1) is 6.58 Å². The van der Waals surface area contributed by atoms with Crippen molar-refractivity contribution < 1.29 is 0 Å². The molecule has 0 aromatic heterocycles. The van der Waals surface area contributed by atoms with Crippen LogP contribution < -0.4 is 0 Å². The number of likely N-dealkylation sites (N-methyl/N-ethyl adjacent to an activating group) is 1. The lowest BCUT2D eigenvalue weighted by atomic mass is 9.96. The zero-order valence-corrected chi connectivity index (χ0v) is 14.8. The maximum atomic E-state index is 4.10. The van der Waals surface area contributed by atoms with Gasteiger partial charge in [-0.1, -0.05) is 43.7 Å². The summed E-state index contributed by atoms with van der Waals surface area (Å²) >= 11 is 0. The van der Waals surface area contributed by atoms with E-state index in [4.69, 9.17) is 0 Å². The van der Waals surface area contributed by atoms with Crippen molar-refractivity contribution in [1.29, 1.82) is 0 Å². The first-order valence-corrected chi connectivity index (χ1v) is 8.23. The molecule has 1 unspecified atom stereocenters. The van der Waals surface area contributed by atoms with Gasteiger partial charge in [-0.25, -0.2) is 0 Å². The summed E-state index contributed by atoms with van der Waals surface area (Å²) in [5, 5.41) is 0. The number of hydrogen-bond acceptors (Lipinski definition) is 1. The molecule has 118 valence electrons. The quantitative estimate of drug-likeness (QED) is 0.601. The predicted molar refractivity (Wildman–Crippen MR) is 94.8 cm³/mol. The van der Waals surface area contributed by atoms with Gasteiger partial charge in [0, 0.05) is 12.1 Å². The molecule has 0 fully saturated rings. The molecule has 1 rings (SSSR count). The van der Waals surface area contributed by atoms with Crippen LogP contribution in [0.4, 0.5) is 0 Å². The Labute approximate surface area is 132 Å². The van der Waals surface area contributed by atoms with E-state index in [1.54, 1.807) is 0 Å². The standard InChI is InChI=1S/C20H33N/c1-15(2)12-18-8-10-19(11-9-18)14-20(13-16(3)4)21(7)17(5)6/h8-11,15,17,20H,3,12-14H2,1-2,4-7H3. The van der Waals surface area contributed by atoms with Crippen molar-refractivity contribution in [1.82, 2.24) is 4.90 Å². The van der Waals surface area contributed by atoms with E-state index >= 15 is 0 Å². The first-order valence-electron chi connectivity index (χ1n) is 8.23. The Balaban J connectivity index is 2.76. The predicted octanol–water partition coefficient (Wildman–Crippen LogP) is 5.10. The van der Waals surface area contributed by atoms with E-state index in [1.807, 2.05) is 0 Å². The highest BCUT2D eigenvalue weighted by atomic mass is 15.1. The SMILES string of the molecule is C=C(C)CC(Cc1ccc(CC(C)C)cc1)N(C)C(C)C. The molecule has 0 saturated carbocycles. The molecule has 1 aromatic carbocycles. The smallest absolute Gasteiger partial charge is 0.0172 e. The monoisotopic (exact) mass is 287 g/mol. The first-order chi connectivity index (χ1) is 9.79. The molecule has 0 bridgehead atoms. The van der Waals surface area contributed by atoms with Crippen molar-refractivity contribution in [3.63, 3.8) is 0 Å².